The zero-order chi connectivity index (χ0) is 15.8. The quantitative estimate of drug-likeness (QED) is 0.854. The summed E-state index contributed by atoms with van der Waals surface area (Å²) in [6.07, 6.45) is 1.80. The maximum Gasteiger partial charge on any atom is 0.243 e. The molecule has 0 unspecified atom stereocenters. The third kappa shape index (κ3) is 3.40. The summed E-state index contributed by atoms with van der Waals surface area (Å²) < 4.78 is 27.9. The number of rotatable bonds is 4. The average molecular weight is 348 g/mol. The Bertz CT molecular complexity index is 772. The second-order valence-electron chi connectivity index (χ2n) is 4.75. The van der Waals surface area contributed by atoms with Crippen molar-refractivity contribution in [2.45, 2.75) is 18.4 Å². The van der Waals surface area contributed by atoms with E-state index in [1.165, 1.54) is 29.6 Å². The molecule has 0 atom stereocenters. The van der Waals surface area contributed by atoms with Gasteiger partial charge in [0, 0.05) is 32.4 Å². The number of hydrogen-bond donors (Lipinski definition) is 0. The Labute approximate surface area is 134 Å². The lowest BCUT2D eigenvalue weighted by atomic mass is 10.3. The van der Waals surface area contributed by atoms with Crippen LogP contribution in [0.4, 0.5) is 0 Å². The van der Waals surface area contributed by atoms with Crippen LogP contribution in [0.3, 0.4) is 0 Å². The van der Waals surface area contributed by atoms with Gasteiger partial charge in [0.15, 0.2) is 0 Å². The molecule has 0 fully saturated rings. The molecule has 0 saturated carbocycles. The smallest absolute Gasteiger partial charge is 0.243 e. The van der Waals surface area contributed by atoms with Gasteiger partial charge < -0.3 is 0 Å². The first-order valence-electron chi connectivity index (χ1n) is 6.12. The third-order valence-electron chi connectivity index (χ3n) is 3.11. The van der Waals surface area contributed by atoms with E-state index in [1.54, 1.807) is 17.9 Å². The molecule has 0 bridgehead atoms. The first-order valence-corrected chi connectivity index (χ1v) is 8.32. The topological polar surface area (TPSA) is 55.2 Å². The van der Waals surface area contributed by atoms with E-state index in [0.717, 1.165) is 11.3 Å². The van der Waals surface area contributed by atoms with Gasteiger partial charge in [-0.3, -0.25) is 4.68 Å². The van der Waals surface area contributed by atoms with E-state index in [9.17, 15) is 8.42 Å². The van der Waals surface area contributed by atoms with E-state index in [0.29, 0.717) is 5.02 Å². The molecule has 1 aromatic carbocycles. The SMILES string of the molecule is Cc1nn(C)cc1CN(C)S(=O)(=O)c1ccc(Cl)c(Cl)c1. The Morgan fingerprint density at radius 2 is 1.95 bits per heavy atom. The molecular weight excluding hydrogens is 333 g/mol. The molecule has 1 heterocycles. The Hall–Kier alpha value is -1.08. The van der Waals surface area contributed by atoms with Gasteiger partial charge in [-0.1, -0.05) is 23.2 Å². The van der Waals surface area contributed by atoms with Gasteiger partial charge in [0.05, 0.1) is 20.6 Å². The molecule has 8 heteroatoms. The van der Waals surface area contributed by atoms with Crippen LogP contribution in [0.15, 0.2) is 29.3 Å². The van der Waals surface area contributed by atoms with Crippen LogP contribution in [0, 0.1) is 6.92 Å². The first-order chi connectivity index (χ1) is 9.71. The minimum atomic E-state index is -3.63. The highest BCUT2D eigenvalue weighted by molar-refractivity contribution is 7.89. The number of halogens is 2. The number of benzene rings is 1. The molecule has 0 aliphatic heterocycles. The van der Waals surface area contributed by atoms with Crippen LogP contribution in [0.25, 0.3) is 0 Å². The van der Waals surface area contributed by atoms with E-state index >= 15 is 0 Å². The fraction of sp³-hybridized carbons (Fsp3) is 0.308. The molecule has 0 radical (unpaired) electrons. The van der Waals surface area contributed by atoms with Gasteiger partial charge in [0.1, 0.15) is 0 Å². The van der Waals surface area contributed by atoms with Crippen molar-refractivity contribution < 1.29 is 8.42 Å². The predicted octanol–water partition coefficient (Wildman–Crippen LogP) is 2.86. The van der Waals surface area contributed by atoms with Gasteiger partial charge in [0.2, 0.25) is 10.0 Å². The molecule has 2 aromatic rings. The first kappa shape index (κ1) is 16.3. The van der Waals surface area contributed by atoms with Crippen molar-refractivity contribution in [3.05, 3.63) is 45.7 Å². The van der Waals surface area contributed by atoms with Crippen LogP contribution in [0.5, 0.6) is 0 Å². The number of sulfonamides is 1. The second-order valence-corrected chi connectivity index (χ2v) is 7.61. The Balaban J connectivity index is 2.30. The molecule has 0 aliphatic rings. The fourth-order valence-electron chi connectivity index (χ4n) is 1.95. The van der Waals surface area contributed by atoms with Gasteiger partial charge in [-0.25, -0.2) is 8.42 Å². The molecule has 21 heavy (non-hydrogen) atoms. The third-order valence-corrected chi connectivity index (χ3v) is 5.65. The zero-order valence-electron chi connectivity index (χ0n) is 11.8. The van der Waals surface area contributed by atoms with Crippen molar-refractivity contribution in [2.24, 2.45) is 7.05 Å². The van der Waals surface area contributed by atoms with Gasteiger partial charge in [0.25, 0.3) is 0 Å². The lowest BCUT2D eigenvalue weighted by Crippen LogP contribution is -2.26. The molecule has 0 amide bonds. The lowest BCUT2D eigenvalue weighted by Gasteiger charge is -2.17. The van der Waals surface area contributed by atoms with Crippen LogP contribution >= 0.6 is 23.2 Å². The van der Waals surface area contributed by atoms with Crippen LogP contribution in [0.1, 0.15) is 11.3 Å². The lowest BCUT2D eigenvalue weighted by molar-refractivity contribution is 0.466. The molecule has 0 aliphatic carbocycles. The van der Waals surface area contributed by atoms with Gasteiger partial charge in [-0.15, -0.1) is 0 Å². The standard InChI is InChI=1S/C13H15Cl2N3O2S/c1-9-10(7-17(2)16-9)8-18(3)21(19,20)11-4-5-12(14)13(15)6-11/h4-7H,8H2,1-3H3. The van der Waals surface area contributed by atoms with E-state index in [4.69, 9.17) is 23.2 Å². The Morgan fingerprint density at radius 3 is 2.48 bits per heavy atom. The van der Waals surface area contributed by atoms with Crippen molar-refractivity contribution in [3.8, 4) is 0 Å². The minimum Gasteiger partial charge on any atom is -0.275 e. The summed E-state index contributed by atoms with van der Waals surface area (Å²) in [6, 6.07) is 4.27. The molecule has 0 saturated heterocycles. The van der Waals surface area contributed by atoms with Crippen LogP contribution in [-0.2, 0) is 23.6 Å². The monoisotopic (exact) mass is 347 g/mol. The Morgan fingerprint density at radius 1 is 1.29 bits per heavy atom. The summed E-state index contributed by atoms with van der Waals surface area (Å²) in [4.78, 5) is 0.112. The summed E-state index contributed by atoms with van der Waals surface area (Å²) in [7, 11) is -0.317. The van der Waals surface area contributed by atoms with Crippen LogP contribution < -0.4 is 0 Å². The average Bonchev–Trinajstić information content (AvgIpc) is 2.71. The maximum atomic E-state index is 12.5. The number of nitrogens with zero attached hydrogens (tertiary/aromatic N) is 3. The maximum absolute atomic E-state index is 12.5. The summed E-state index contributed by atoms with van der Waals surface area (Å²) in [5, 5.41) is 4.73. The van der Waals surface area contributed by atoms with Crippen molar-refractivity contribution in [3.63, 3.8) is 0 Å². The molecule has 2 rings (SSSR count). The van der Waals surface area contributed by atoms with E-state index in [-0.39, 0.29) is 16.5 Å². The summed E-state index contributed by atoms with van der Waals surface area (Å²) in [5.74, 6) is 0. The zero-order valence-corrected chi connectivity index (χ0v) is 14.2. The number of aryl methyl sites for hydroxylation is 2. The van der Waals surface area contributed by atoms with Gasteiger partial charge >= 0.3 is 0 Å². The highest BCUT2D eigenvalue weighted by atomic mass is 35.5. The van der Waals surface area contributed by atoms with E-state index < -0.39 is 10.0 Å². The summed E-state index contributed by atoms with van der Waals surface area (Å²) in [5.41, 5.74) is 1.65. The molecular formula is C13H15Cl2N3O2S. The highest BCUT2D eigenvalue weighted by Crippen LogP contribution is 2.26. The second kappa shape index (κ2) is 5.96. The molecule has 114 valence electrons. The number of aromatic nitrogens is 2. The van der Waals surface area contributed by atoms with Crippen molar-refractivity contribution in [1.29, 1.82) is 0 Å². The van der Waals surface area contributed by atoms with Gasteiger partial charge in [-0.2, -0.15) is 9.40 Å². The van der Waals surface area contributed by atoms with Crippen molar-refractivity contribution in [2.75, 3.05) is 7.05 Å². The Kier molecular flexibility index (Phi) is 4.63. The molecule has 0 spiro atoms. The molecule has 1 aromatic heterocycles. The number of hydrogen-bond acceptors (Lipinski definition) is 3. The fourth-order valence-corrected chi connectivity index (χ4v) is 3.48. The summed E-state index contributed by atoms with van der Waals surface area (Å²) in [6.45, 7) is 2.08. The van der Waals surface area contributed by atoms with Crippen molar-refractivity contribution >= 4 is 33.2 Å². The minimum absolute atomic E-state index is 0.112. The highest BCUT2D eigenvalue weighted by Gasteiger charge is 2.22. The predicted molar refractivity (Wildman–Crippen MR) is 83.1 cm³/mol. The van der Waals surface area contributed by atoms with E-state index in [1.807, 2.05) is 6.92 Å². The molecule has 0 N–H and O–H groups in total. The normalized spacial score (nSPS) is 12.1. The molecule has 5 nitrogen and oxygen atoms in total. The van der Waals surface area contributed by atoms with Crippen molar-refractivity contribution in [1.82, 2.24) is 14.1 Å². The van der Waals surface area contributed by atoms with Crippen LogP contribution in [0.2, 0.25) is 10.0 Å². The summed E-state index contributed by atoms with van der Waals surface area (Å²) >= 11 is 11.7. The largest absolute Gasteiger partial charge is 0.275 e. The van der Waals surface area contributed by atoms with Gasteiger partial charge in [-0.05, 0) is 25.1 Å². The van der Waals surface area contributed by atoms with Crippen LogP contribution in [-0.4, -0.2) is 29.6 Å². The van der Waals surface area contributed by atoms with E-state index in [2.05, 4.69) is 5.10 Å².